The van der Waals surface area contributed by atoms with Gasteiger partial charge in [0.2, 0.25) is 0 Å². The van der Waals surface area contributed by atoms with Gasteiger partial charge in [0.1, 0.15) is 0 Å². The molecule has 1 unspecified atom stereocenters. The van der Waals surface area contributed by atoms with Gasteiger partial charge in [0.05, 0.1) is 6.07 Å². The van der Waals surface area contributed by atoms with Crippen molar-refractivity contribution in [2.75, 3.05) is 5.73 Å². The van der Waals surface area contributed by atoms with Crippen LogP contribution in [0.3, 0.4) is 0 Å². The lowest BCUT2D eigenvalue weighted by Gasteiger charge is -2.06. The van der Waals surface area contributed by atoms with Crippen molar-refractivity contribution in [3.05, 3.63) is 29.8 Å². The Morgan fingerprint density at radius 1 is 1.41 bits per heavy atom. The second-order valence-corrected chi connectivity index (χ2v) is 4.23. The number of anilines is 1. The third-order valence-corrected chi connectivity index (χ3v) is 2.83. The van der Waals surface area contributed by atoms with E-state index in [1.807, 2.05) is 0 Å². The fourth-order valence-electron chi connectivity index (χ4n) is 1.71. The summed E-state index contributed by atoms with van der Waals surface area (Å²) in [5.74, 6) is -1.97. The largest absolute Gasteiger partial charge is 0.399 e. The lowest BCUT2D eigenvalue weighted by atomic mass is 9.92. The predicted octanol–water partition coefficient (Wildman–Crippen LogP) is 1.57. The Morgan fingerprint density at radius 2 is 2.12 bits per heavy atom. The molecule has 2 rings (SSSR count). The highest BCUT2D eigenvalue weighted by atomic mass is 16.2. The Bertz CT molecular complexity index is 512. The van der Waals surface area contributed by atoms with Crippen LogP contribution >= 0.6 is 0 Å². The van der Waals surface area contributed by atoms with Crippen molar-refractivity contribution in [1.29, 1.82) is 5.26 Å². The molecule has 4 nitrogen and oxygen atoms in total. The third kappa shape index (κ3) is 2.34. The minimum Gasteiger partial charge on any atom is -0.399 e. The smallest absolute Gasteiger partial charge is 0.187 e. The van der Waals surface area contributed by atoms with Crippen molar-refractivity contribution in [1.82, 2.24) is 0 Å². The summed E-state index contributed by atoms with van der Waals surface area (Å²) in [6.45, 7) is 0. The molecule has 0 aromatic heterocycles. The summed E-state index contributed by atoms with van der Waals surface area (Å²) < 4.78 is 0. The number of nitrogens with two attached hydrogens (primary N) is 1. The Morgan fingerprint density at radius 3 is 2.65 bits per heavy atom. The van der Waals surface area contributed by atoms with Gasteiger partial charge < -0.3 is 5.73 Å². The number of carbonyl (C=O) groups is 2. The number of Topliss-reactive ketones (excluding diaryl/α,β-unsaturated/α-hetero) is 2. The highest BCUT2D eigenvalue weighted by molar-refractivity contribution is 6.14. The first-order valence-corrected chi connectivity index (χ1v) is 5.46. The molecule has 1 saturated carbocycles. The monoisotopic (exact) mass is 228 g/mol. The molecule has 1 aromatic rings. The molecule has 1 fully saturated rings. The predicted molar refractivity (Wildman–Crippen MR) is 62.0 cm³/mol. The highest BCUT2D eigenvalue weighted by Gasteiger charge is 2.38. The van der Waals surface area contributed by atoms with Crippen molar-refractivity contribution in [3.63, 3.8) is 0 Å². The van der Waals surface area contributed by atoms with E-state index in [9.17, 15) is 9.59 Å². The number of nitrogens with zero attached hydrogens (tertiary/aromatic N) is 1. The quantitative estimate of drug-likeness (QED) is 0.481. The zero-order chi connectivity index (χ0) is 12.4. The molecular weight excluding hydrogens is 216 g/mol. The zero-order valence-corrected chi connectivity index (χ0v) is 9.22. The van der Waals surface area contributed by atoms with Gasteiger partial charge in [-0.1, -0.05) is 12.1 Å². The van der Waals surface area contributed by atoms with E-state index in [0.717, 1.165) is 12.8 Å². The van der Waals surface area contributed by atoms with Gasteiger partial charge in [-0.05, 0) is 25.0 Å². The van der Waals surface area contributed by atoms with Crippen molar-refractivity contribution < 1.29 is 9.59 Å². The zero-order valence-electron chi connectivity index (χ0n) is 9.22. The maximum atomic E-state index is 12.0. The summed E-state index contributed by atoms with van der Waals surface area (Å²) in [4.78, 5) is 23.8. The minimum atomic E-state index is -1.18. The summed E-state index contributed by atoms with van der Waals surface area (Å²) >= 11 is 0. The van der Waals surface area contributed by atoms with Crippen LogP contribution < -0.4 is 5.73 Å². The molecule has 0 bridgehead atoms. The molecule has 1 aliphatic carbocycles. The second-order valence-electron chi connectivity index (χ2n) is 4.23. The molecule has 0 amide bonds. The van der Waals surface area contributed by atoms with Crippen LogP contribution in [0.5, 0.6) is 0 Å². The molecule has 2 N–H and O–H groups in total. The fourth-order valence-corrected chi connectivity index (χ4v) is 1.71. The first kappa shape index (κ1) is 11.3. The Hall–Kier alpha value is -2.15. The molecule has 0 aliphatic heterocycles. The van der Waals surface area contributed by atoms with E-state index in [-0.39, 0.29) is 11.7 Å². The molecule has 1 aromatic carbocycles. The van der Waals surface area contributed by atoms with Crippen LogP contribution in [0.25, 0.3) is 0 Å². The fraction of sp³-hybridized carbons (Fsp3) is 0.308. The van der Waals surface area contributed by atoms with E-state index >= 15 is 0 Å². The summed E-state index contributed by atoms with van der Waals surface area (Å²) in [6.07, 6.45) is 1.59. The topological polar surface area (TPSA) is 83.9 Å². The van der Waals surface area contributed by atoms with Gasteiger partial charge in [0.15, 0.2) is 17.5 Å². The average Bonchev–Trinajstić information content (AvgIpc) is 3.13. The van der Waals surface area contributed by atoms with Crippen LogP contribution in [0.4, 0.5) is 5.69 Å². The number of hydrogen-bond acceptors (Lipinski definition) is 4. The number of nitriles is 1. The number of benzene rings is 1. The number of rotatable bonds is 4. The second kappa shape index (κ2) is 4.38. The van der Waals surface area contributed by atoms with E-state index < -0.39 is 11.7 Å². The normalized spacial score (nSPS) is 15.9. The maximum absolute atomic E-state index is 12.0. The first-order valence-electron chi connectivity index (χ1n) is 5.46. The van der Waals surface area contributed by atoms with Crippen molar-refractivity contribution in [3.8, 4) is 6.07 Å². The maximum Gasteiger partial charge on any atom is 0.187 e. The standard InChI is InChI=1S/C13H12N2O2/c14-7-11(12(16)8-4-5-8)13(17)9-2-1-3-10(15)6-9/h1-3,6,8,11H,4-5,15H2. The van der Waals surface area contributed by atoms with Gasteiger partial charge >= 0.3 is 0 Å². The van der Waals surface area contributed by atoms with E-state index in [1.54, 1.807) is 24.3 Å². The van der Waals surface area contributed by atoms with Gasteiger partial charge in [0.25, 0.3) is 0 Å². The van der Waals surface area contributed by atoms with Gasteiger partial charge in [-0.15, -0.1) is 0 Å². The summed E-state index contributed by atoms with van der Waals surface area (Å²) in [7, 11) is 0. The lowest BCUT2D eigenvalue weighted by molar-refractivity contribution is -0.121. The van der Waals surface area contributed by atoms with Gasteiger partial charge in [0, 0.05) is 17.2 Å². The van der Waals surface area contributed by atoms with Crippen molar-refractivity contribution in [2.45, 2.75) is 12.8 Å². The summed E-state index contributed by atoms with van der Waals surface area (Å²) in [6, 6.07) is 8.16. The van der Waals surface area contributed by atoms with Crippen LogP contribution in [0.1, 0.15) is 23.2 Å². The van der Waals surface area contributed by atoms with Crippen LogP contribution in [-0.2, 0) is 4.79 Å². The van der Waals surface area contributed by atoms with E-state index in [1.165, 1.54) is 6.07 Å². The highest BCUT2D eigenvalue weighted by Crippen LogP contribution is 2.33. The van der Waals surface area contributed by atoms with Gasteiger partial charge in [-0.3, -0.25) is 9.59 Å². The van der Waals surface area contributed by atoms with Crippen LogP contribution in [0.2, 0.25) is 0 Å². The first-order chi connectivity index (χ1) is 8.13. The summed E-state index contributed by atoms with van der Waals surface area (Å²) in [5, 5.41) is 8.95. The van der Waals surface area contributed by atoms with Crippen molar-refractivity contribution >= 4 is 17.3 Å². The number of ketones is 2. The lowest BCUT2D eigenvalue weighted by Crippen LogP contribution is -2.24. The molecule has 0 saturated heterocycles. The Balaban J connectivity index is 2.23. The van der Waals surface area contributed by atoms with Crippen LogP contribution in [0.15, 0.2) is 24.3 Å². The Kier molecular flexibility index (Phi) is 2.92. The molecule has 1 aliphatic rings. The molecule has 0 spiro atoms. The van der Waals surface area contributed by atoms with Gasteiger partial charge in [-0.25, -0.2) is 0 Å². The van der Waals surface area contributed by atoms with Crippen LogP contribution in [-0.4, -0.2) is 11.6 Å². The van der Waals surface area contributed by atoms with Crippen LogP contribution in [0, 0.1) is 23.2 Å². The van der Waals surface area contributed by atoms with E-state index in [4.69, 9.17) is 11.0 Å². The molecule has 0 heterocycles. The SMILES string of the molecule is N#CC(C(=O)c1cccc(N)c1)C(=O)C1CC1. The number of nitrogen functional groups attached to an aromatic ring is 1. The van der Waals surface area contributed by atoms with Gasteiger partial charge in [-0.2, -0.15) is 5.26 Å². The Labute approximate surface area is 99.0 Å². The molecule has 17 heavy (non-hydrogen) atoms. The molecule has 86 valence electrons. The minimum absolute atomic E-state index is 0.0929. The number of hydrogen-bond donors (Lipinski definition) is 1. The van der Waals surface area contributed by atoms with Crippen molar-refractivity contribution in [2.24, 2.45) is 11.8 Å². The van der Waals surface area contributed by atoms with E-state index in [2.05, 4.69) is 0 Å². The third-order valence-electron chi connectivity index (χ3n) is 2.83. The summed E-state index contributed by atoms with van der Waals surface area (Å²) in [5.41, 5.74) is 6.34. The molecule has 4 heteroatoms. The molecule has 0 radical (unpaired) electrons. The average molecular weight is 228 g/mol. The molecule has 1 atom stereocenters. The number of carbonyl (C=O) groups excluding carboxylic acids is 2. The van der Waals surface area contributed by atoms with E-state index in [0.29, 0.717) is 11.3 Å². The molecular formula is C13H12N2O2.